The topological polar surface area (TPSA) is 38.1 Å². The van der Waals surface area contributed by atoms with Gasteiger partial charge in [-0.05, 0) is 6.42 Å². The van der Waals surface area contributed by atoms with Crippen molar-refractivity contribution in [2.45, 2.75) is 26.2 Å². The molecule has 1 aromatic rings. The smallest absolute Gasteiger partial charge is 0.150 e. The lowest BCUT2D eigenvalue weighted by Crippen LogP contribution is -2.03. The van der Waals surface area contributed by atoms with Gasteiger partial charge >= 0.3 is 0 Å². The van der Waals surface area contributed by atoms with E-state index in [-0.39, 0.29) is 6.61 Å². The van der Waals surface area contributed by atoms with E-state index in [9.17, 15) is 0 Å². The Labute approximate surface area is 83.4 Å². The van der Waals surface area contributed by atoms with Crippen molar-refractivity contribution in [3.8, 4) is 0 Å². The maximum atomic E-state index is 8.78. The molecule has 1 N–H and O–H groups in total. The lowest BCUT2D eigenvalue weighted by atomic mass is 10.3. The predicted octanol–water partition coefficient (Wildman–Crippen LogP) is 1.56. The number of aliphatic hydroxyl groups is 1. The number of halogens is 1. The van der Waals surface area contributed by atoms with Crippen LogP contribution >= 0.6 is 11.6 Å². The molecule has 3 nitrogen and oxygen atoms in total. The monoisotopic (exact) mass is 202 g/mol. The summed E-state index contributed by atoms with van der Waals surface area (Å²) >= 11 is 5.95. The molecular weight excluding hydrogens is 188 g/mol. The zero-order chi connectivity index (χ0) is 9.84. The van der Waals surface area contributed by atoms with Crippen molar-refractivity contribution in [3.05, 3.63) is 16.7 Å². The maximum Gasteiger partial charge on any atom is 0.150 e. The van der Waals surface area contributed by atoms with Crippen LogP contribution in [0.4, 0.5) is 0 Å². The van der Waals surface area contributed by atoms with Crippen LogP contribution in [0.2, 0.25) is 5.15 Å². The fourth-order valence-corrected chi connectivity index (χ4v) is 1.70. The molecule has 1 heterocycles. The van der Waals surface area contributed by atoms with Crippen molar-refractivity contribution in [2.24, 2.45) is 7.05 Å². The molecule has 0 aliphatic carbocycles. The molecule has 1 rings (SSSR count). The van der Waals surface area contributed by atoms with Gasteiger partial charge in [0.15, 0.2) is 5.15 Å². The largest absolute Gasteiger partial charge is 0.396 e. The highest BCUT2D eigenvalue weighted by Gasteiger charge is 2.10. The minimum Gasteiger partial charge on any atom is -0.396 e. The number of aliphatic hydroxyl groups excluding tert-OH is 1. The van der Waals surface area contributed by atoms with Crippen molar-refractivity contribution in [1.82, 2.24) is 9.55 Å². The highest BCUT2D eigenvalue weighted by atomic mass is 35.5. The summed E-state index contributed by atoms with van der Waals surface area (Å²) in [6, 6.07) is 0. The fourth-order valence-electron chi connectivity index (χ4n) is 1.38. The van der Waals surface area contributed by atoms with Crippen LogP contribution in [0, 0.1) is 0 Å². The second kappa shape index (κ2) is 4.63. The lowest BCUT2D eigenvalue weighted by molar-refractivity contribution is 0.295. The van der Waals surface area contributed by atoms with Crippen molar-refractivity contribution in [3.63, 3.8) is 0 Å². The minimum atomic E-state index is 0.118. The van der Waals surface area contributed by atoms with Gasteiger partial charge in [-0.25, -0.2) is 4.98 Å². The summed E-state index contributed by atoms with van der Waals surface area (Å²) in [6.45, 7) is 2.22. The van der Waals surface area contributed by atoms with Gasteiger partial charge in [0.25, 0.3) is 0 Å². The number of rotatable bonds is 4. The Bertz CT molecular complexity index is 283. The normalized spacial score (nSPS) is 10.8. The van der Waals surface area contributed by atoms with Crippen molar-refractivity contribution in [1.29, 1.82) is 0 Å². The molecule has 0 aliphatic rings. The highest BCUT2D eigenvalue weighted by molar-refractivity contribution is 6.30. The predicted molar refractivity (Wildman–Crippen MR) is 53.0 cm³/mol. The molecule has 4 heteroatoms. The molecule has 0 unspecified atom stereocenters. The van der Waals surface area contributed by atoms with Crippen LogP contribution < -0.4 is 0 Å². The van der Waals surface area contributed by atoms with E-state index in [0.717, 1.165) is 24.4 Å². The Hall–Kier alpha value is -0.540. The SMILES string of the molecule is CCCc1c(Cl)nc(CCO)n1C. The molecule has 0 radical (unpaired) electrons. The first kappa shape index (κ1) is 10.5. The lowest BCUT2D eigenvalue weighted by Gasteiger charge is -2.03. The second-order valence-corrected chi connectivity index (χ2v) is 3.41. The average Bonchev–Trinajstić information content (AvgIpc) is 2.34. The van der Waals surface area contributed by atoms with E-state index in [2.05, 4.69) is 11.9 Å². The van der Waals surface area contributed by atoms with Gasteiger partial charge in [0, 0.05) is 13.5 Å². The Balaban J connectivity index is 2.92. The highest BCUT2D eigenvalue weighted by Crippen LogP contribution is 2.17. The molecule has 1 aromatic heterocycles. The van der Waals surface area contributed by atoms with Crippen LogP contribution in [0.1, 0.15) is 24.9 Å². The van der Waals surface area contributed by atoms with Crippen LogP contribution in [0.3, 0.4) is 0 Å². The van der Waals surface area contributed by atoms with Crippen LogP contribution in [-0.2, 0) is 19.9 Å². The quantitative estimate of drug-likeness (QED) is 0.805. The third kappa shape index (κ3) is 2.23. The maximum absolute atomic E-state index is 8.78. The molecule has 0 saturated heterocycles. The summed E-state index contributed by atoms with van der Waals surface area (Å²) in [4.78, 5) is 4.19. The Morgan fingerprint density at radius 1 is 1.46 bits per heavy atom. The summed E-state index contributed by atoms with van der Waals surface area (Å²) in [5, 5.41) is 9.35. The number of imidazole rings is 1. The summed E-state index contributed by atoms with van der Waals surface area (Å²) < 4.78 is 1.97. The first-order valence-corrected chi connectivity index (χ1v) is 4.89. The summed E-state index contributed by atoms with van der Waals surface area (Å²) in [5.41, 5.74) is 1.06. The third-order valence-electron chi connectivity index (χ3n) is 2.08. The Morgan fingerprint density at radius 3 is 2.69 bits per heavy atom. The first-order chi connectivity index (χ1) is 6.20. The molecule has 0 atom stereocenters. The molecule has 0 bridgehead atoms. The van der Waals surface area contributed by atoms with E-state index in [1.807, 2.05) is 11.6 Å². The van der Waals surface area contributed by atoms with Gasteiger partial charge in [0.05, 0.1) is 12.3 Å². The van der Waals surface area contributed by atoms with Gasteiger partial charge in [-0.3, -0.25) is 0 Å². The van der Waals surface area contributed by atoms with Crippen molar-refractivity contribution >= 4 is 11.6 Å². The molecule has 0 saturated carbocycles. The number of nitrogens with zero attached hydrogens (tertiary/aromatic N) is 2. The fraction of sp³-hybridized carbons (Fsp3) is 0.667. The van der Waals surface area contributed by atoms with E-state index in [1.54, 1.807) is 0 Å². The third-order valence-corrected chi connectivity index (χ3v) is 2.38. The number of hydrogen-bond donors (Lipinski definition) is 1. The standard InChI is InChI=1S/C9H15ClN2O/c1-3-4-7-9(10)11-8(5-6-13)12(7)2/h13H,3-6H2,1-2H3. The molecule has 0 spiro atoms. The van der Waals surface area contributed by atoms with Gasteiger partial charge < -0.3 is 9.67 Å². The van der Waals surface area contributed by atoms with Crippen LogP contribution in [0.5, 0.6) is 0 Å². The van der Waals surface area contributed by atoms with E-state index in [4.69, 9.17) is 16.7 Å². The Kier molecular flexibility index (Phi) is 3.75. The molecular formula is C9H15ClN2O. The molecule has 13 heavy (non-hydrogen) atoms. The van der Waals surface area contributed by atoms with Gasteiger partial charge in [-0.2, -0.15) is 0 Å². The summed E-state index contributed by atoms with van der Waals surface area (Å²) in [5.74, 6) is 0.857. The van der Waals surface area contributed by atoms with Crippen LogP contribution in [0.15, 0.2) is 0 Å². The van der Waals surface area contributed by atoms with Gasteiger partial charge in [0.2, 0.25) is 0 Å². The average molecular weight is 203 g/mol. The Morgan fingerprint density at radius 2 is 2.15 bits per heavy atom. The molecule has 74 valence electrons. The molecule has 0 aromatic carbocycles. The number of aromatic nitrogens is 2. The minimum absolute atomic E-state index is 0.118. The first-order valence-electron chi connectivity index (χ1n) is 4.51. The number of hydrogen-bond acceptors (Lipinski definition) is 2. The van der Waals surface area contributed by atoms with Crippen molar-refractivity contribution in [2.75, 3.05) is 6.61 Å². The van der Waals surface area contributed by atoms with Gasteiger partial charge in [-0.1, -0.05) is 24.9 Å². The molecule has 0 fully saturated rings. The van der Waals surface area contributed by atoms with E-state index >= 15 is 0 Å². The zero-order valence-corrected chi connectivity index (χ0v) is 8.80. The van der Waals surface area contributed by atoms with E-state index in [0.29, 0.717) is 11.6 Å². The second-order valence-electron chi connectivity index (χ2n) is 3.05. The van der Waals surface area contributed by atoms with Gasteiger partial charge in [-0.15, -0.1) is 0 Å². The summed E-state index contributed by atoms with van der Waals surface area (Å²) in [6.07, 6.45) is 2.56. The van der Waals surface area contributed by atoms with E-state index in [1.165, 1.54) is 0 Å². The van der Waals surface area contributed by atoms with Crippen LogP contribution in [0.25, 0.3) is 0 Å². The van der Waals surface area contributed by atoms with E-state index < -0.39 is 0 Å². The molecule has 0 amide bonds. The van der Waals surface area contributed by atoms with Crippen molar-refractivity contribution < 1.29 is 5.11 Å². The van der Waals surface area contributed by atoms with Gasteiger partial charge in [0.1, 0.15) is 5.82 Å². The summed E-state index contributed by atoms with van der Waals surface area (Å²) in [7, 11) is 1.94. The molecule has 0 aliphatic heterocycles. The zero-order valence-electron chi connectivity index (χ0n) is 8.05. The van der Waals surface area contributed by atoms with Crippen LogP contribution in [-0.4, -0.2) is 21.3 Å².